The van der Waals surface area contributed by atoms with Gasteiger partial charge in [-0.25, -0.2) is 0 Å². The molecule has 0 aromatic heterocycles. The van der Waals surface area contributed by atoms with E-state index in [0.717, 1.165) is 18.4 Å². The highest BCUT2D eigenvalue weighted by Gasteiger charge is 2.42. The van der Waals surface area contributed by atoms with E-state index in [2.05, 4.69) is 20.8 Å². The Morgan fingerprint density at radius 2 is 2.00 bits per heavy atom. The standard InChI is InChI=1S/C12H22O/c1-9-4-5-10-11(8-9)13-7-6-12(10,2)3/h9-11H,4-8H2,1-3H3. The van der Waals surface area contributed by atoms with Crippen molar-refractivity contribution in [3.05, 3.63) is 0 Å². The number of hydrogen-bond donors (Lipinski definition) is 0. The summed E-state index contributed by atoms with van der Waals surface area (Å²) < 4.78 is 5.89. The van der Waals surface area contributed by atoms with Gasteiger partial charge >= 0.3 is 0 Å². The Morgan fingerprint density at radius 3 is 2.77 bits per heavy atom. The van der Waals surface area contributed by atoms with E-state index in [4.69, 9.17) is 4.74 Å². The molecule has 0 bridgehead atoms. The Balaban J connectivity index is 2.08. The Hall–Kier alpha value is -0.0400. The van der Waals surface area contributed by atoms with Gasteiger partial charge in [-0.2, -0.15) is 0 Å². The molecule has 0 aromatic rings. The second kappa shape index (κ2) is 3.27. The summed E-state index contributed by atoms with van der Waals surface area (Å²) in [7, 11) is 0. The smallest absolute Gasteiger partial charge is 0.0610 e. The second-order valence-electron chi connectivity index (χ2n) is 5.67. The van der Waals surface area contributed by atoms with Crippen LogP contribution < -0.4 is 0 Å². The summed E-state index contributed by atoms with van der Waals surface area (Å²) in [5.74, 6) is 1.72. The molecular formula is C12H22O. The van der Waals surface area contributed by atoms with Crippen LogP contribution in [-0.4, -0.2) is 12.7 Å². The number of ether oxygens (including phenoxy) is 1. The maximum atomic E-state index is 5.89. The first-order valence-corrected chi connectivity index (χ1v) is 5.71. The highest BCUT2D eigenvalue weighted by atomic mass is 16.5. The van der Waals surface area contributed by atoms with Crippen LogP contribution in [0.4, 0.5) is 0 Å². The molecule has 0 aromatic carbocycles. The van der Waals surface area contributed by atoms with Gasteiger partial charge in [-0.1, -0.05) is 27.2 Å². The minimum absolute atomic E-state index is 0.531. The van der Waals surface area contributed by atoms with E-state index in [1.165, 1.54) is 25.7 Å². The van der Waals surface area contributed by atoms with Gasteiger partial charge in [-0.3, -0.25) is 0 Å². The minimum atomic E-state index is 0.531. The fraction of sp³-hybridized carbons (Fsp3) is 1.00. The summed E-state index contributed by atoms with van der Waals surface area (Å²) in [6, 6.07) is 0. The Bertz CT molecular complexity index is 186. The predicted molar refractivity (Wildman–Crippen MR) is 54.6 cm³/mol. The molecule has 76 valence electrons. The van der Waals surface area contributed by atoms with Crippen molar-refractivity contribution in [3.63, 3.8) is 0 Å². The molecule has 2 rings (SSSR count). The lowest BCUT2D eigenvalue weighted by atomic mass is 9.65. The molecule has 1 saturated heterocycles. The average molecular weight is 182 g/mol. The summed E-state index contributed by atoms with van der Waals surface area (Å²) >= 11 is 0. The van der Waals surface area contributed by atoms with Gasteiger partial charge in [-0.05, 0) is 36.5 Å². The molecule has 0 spiro atoms. The molecule has 3 unspecified atom stereocenters. The lowest BCUT2D eigenvalue weighted by Gasteiger charge is -2.47. The van der Waals surface area contributed by atoms with Crippen molar-refractivity contribution >= 4 is 0 Å². The summed E-state index contributed by atoms with van der Waals surface area (Å²) in [5.41, 5.74) is 0.531. The molecule has 1 aliphatic carbocycles. The molecule has 1 aliphatic heterocycles. The summed E-state index contributed by atoms with van der Waals surface area (Å²) in [6.45, 7) is 8.19. The normalized spacial score (nSPS) is 44.1. The molecule has 1 saturated carbocycles. The van der Waals surface area contributed by atoms with Gasteiger partial charge < -0.3 is 4.74 Å². The van der Waals surface area contributed by atoms with Gasteiger partial charge in [0.1, 0.15) is 0 Å². The fourth-order valence-electron chi connectivity index (χ4n) is 3.07. The second-order valence-corrected chi connectivity index (χ2v) is 5.67. The average Bonchev–Trinajstić information content (AvgIpc) is 2.02. The maximum Gasteiger partial charge on any atom is 0.0610 e. The summed E-state index contributed by atoms with van der Waals surface area (Å²) in [5, 5.41) is 0. The topological polar surface area (TPSA) is 9.23 Å². The zero-order chi connectivity index (χ0) is 9.47. The summed E-state index contributed by atoms with van der Waals surface area (Å²) in [6.07, 6.45) is 5.93. The van der Waals surface area contributed by atoms with Gasteiger partial charge in [0.05, 0.1) is 6.10 Å². The van der Waals surface area contributed by atoms with Crippen LogP contribution in [-0.2, 0) is 4.74 Å². The molecule has 3 atom stereocenters. The van der Waals surface area contributed by atoms with Crippen molar-refractivity contribution in [1.29, 1.82) is 0 Å². The number of rotatable bonds is 0. The van der Waals surface area contributed by atoms with Gasteiger partial charge in [0.15, 0.2) is 0 Å². The summed E-state index contributed by atoms with van der Waals surface area (Å²) in [4.78, 5) is 0. The van der Waals surface area contributed by atoms with Crippen LogP contribution in [0.15, 0.2) is 0 Å². The Labute approximate surface area is 81.9 Å². The molecule has 0 amide bonds. The first kappa shape index (κ1) is 9.51. The zero-order valence-electron chi connectivity index (χ0n) is 9.18. The lowest BCUT2D eigenvalue weighted by Crippen LogP contribution is -2.44. The van der Waals surface area contributed by atoms with E-state index < -0.39 is 0 Å². The number of fused-ring (bicyclic) bond motifs is 1. The van der Waals surface area contributed by atoms with E-state index >= 15 is 0 Å². The molecule has 2 fully saturated rings. The predicted octanol–water partition coefficient (Wildman–Crippen LogP) is 3.24. The van der Waals surface area contributed by atoms with Crippen molar-refractivity contribution in [2.45, 2.75) is 52.6 Å². The van der Waals surface area contributed by atoms with Gasteiger partial charge in [0.2, 0.25) is 0 Å². The van der Waals surface area contributed by atoms with E-state index in [9.17, 15) is 0 Å². The quantitative estimate of drug-likeness (QED) is 0.559. The van der Waals surface area contributed by atoms with Gasteiger partial charge in [-0.15, -0.1) is 0 Å². The molecule has 1 heterocycles. The molecule has 0 N–H and O–H groups in total. The number of hydrogen-bond acceptors (Lipinski definition) is 1. The fourth-order valence-corrected chi connectivity index (χ4v) is 3.07. The third kappa shape index (κ3) is 1.76. The van der Waals surface area contributed by atoms with Crippen molar-refractivity contribution in [1.82, 2.24) is 0 Å². The third-order valence-corrected chi connectivity index (χ3v) is 4.14. The van der Waals surface area contributed by atoms with Crippen molar-refractivity contribution in [3.8, 4) is 0 Å². The van der Waals surface area contributed by atoms with E-state index in [1.54, 1.807) is 0 Å². The Kier molecular flexibility index (Phi) is 2.39. The van der Waals surface area contributed by atoms with Crippen LogP contribution in [0.2, 0.25) is 0 Å². The van der Waals surface area contributed by atoms with Crippen LogP contribution in [0.3, 0.4) is 0 Å². The third-order valence-electron chi connectivity index (χ3n) is 4.14. The minimum Gasteiger partial charge on any atom is -0.378 e. The highest BCUT2D eigenvalue weighted by molar-refractivity contribution is 4.91. The lowest BCUT2D eigenvalue weighted by molar-refractivity contribution is -0.115. The first-order chi connectivity index (χ1) is 6.09. The highest BCUT2D eigenvalue weighted by Crippen LogP contribution is 2.46. The van der Waals surface area contributed by atoms with E-state index in [-0.39, 0.29) is 0 Å². The van der Waals surface area contributed by atoms with Crippen LogP contribution in [0.25, 0.3) is 0 Å². The largest absolute Gasteiger partial charge is 0.378 e. The molecule has 13 heavy (non-hydrogen) atoms. The van der Waals surface area contributed by atoms with E-state index in [1.807, 2.05) is 0 Å². The zero-order valence-corrected chi connectivity index (χ0v) is 9.18. The first-order valence-electron chi connectivity index (χ1n) is 5.71. The molecule has 1 heteroatoms. The molecular weight excluding hydrogens is 160 g/mol. The molecule has 0 radical (unpaired) electrons. The van der Waals surface area contributed by atoms with Gasteiger partial charge in [0.25, 0.3) is 0 Å². The van der Waals surface area contributed by atoms with Crippen molar-refractivity contribution in [2.75, 3.05) is 6.61 Å². The SMILES string of the molecule is CC1CCC2C(C1)OCCC2(C)C. The Morgan fingerprint density at radius 1 is 1.23 bits per heavy atom. The maximum absolute atomic E-state index is 5.89. The van der Waals surface area contributed by atoms with Crippen molar-refractivity contribution < 1.29 is 4.74 Å². The van der Waals surface area contributed by atoms with Crippen LogP contribution in [0.1, 0.15) is 46.5 Å². The van der Waals surface area contributed by atoms with Crippen molar-refractivity contribution in [2.24, 2.45) is 17.3 Å². The van der Waals surface area contributed by atoms with Crippen LogP contribution in [0.5, 0.6) is 0 Å². The van der Waals surface area contributed by atoms with Crippen LogP contribution >= 0.6 is 0 Å². The molecule has 1 nitrogen and oxygen atoms in total. The monoisotopic (exact) mass is 182 g/mol. The van der Waals surface area contributed by atoms with Gasteiger partial charge in [0, 0.05) is 6.61 Å². The van der Waals surface area contributed by atoms with E-state index in [0.29, 0.717) is 11.5 Å². The molecule has 2 aliphatic rings. The van der Waals surface area contributed by atoms with Crippen LogP contribution in [0, 0.1) is 17.3 Å².